The van der Waals surface area contributed by atoms with E-state index in [-0.39, 0.29) is 12.0 Å². The Labute approximate surface area is 161 Å². The third-order valence-electron chi connectivity index (χ3n) is 4.31. The van der Waals surface area contributed by atoms with E-state index < -0.39 is 0 Å². The molecule has 5 heteroatoms. The average Bonchev–Trinajstić information content (AvgIpc) is 2.61. The summed E-state index contributed by atoms with van der Waals surface area (Å²) in [6, 6.07) is 14.5. The molecule has 1 N–H and O–H groups in total. The fourth-order valence-corrected chi connectivity index (χ4v) is 3.67. The summed E-state index contributed by atoms with van der Waals surface area (Å²) < 4.78 is 0.933. The average molecular weight is 420 g/mol. The van der Waals surface area contributed by atoms with Crippen LogP contribution in [0.3, 0.4) is 0 Å². The number of piperidine rings is 1. The first kappa shape index (κ1) is 18.2. The maximum absolute atomic E-state index is 12.4. The molecule has 0 aliphatic carbocycles. The second kappa shape index (κ2) is 8.17. The lowest BCUT2D eigenvalue weighted by Crippen LogP contribution is -2.39. The van der Waals surface area contributed by atoms with Gasteiger partial charge in [0.05, 0.1) is 11.1 Å². The SMILES string of the molecule is O=C(/C=C/c1cc[c]c(Cl)c1-c1ccccc1Br)N1CCC(O)CC1. The number of hydrogen-bond donors (Lipinski definition) is 1. The van der Waals surface area contributed by atoms with E-state index in [4.69, 9.17) is 11.6 Å². The smallest absolute Gasteiger partial charge is 0.246 e. The van der Waals surface area contributed by atoms with Gasteiger partial charge in [0, 0.05) is 35.3 Å². The second-order valence-electron chi connectivity index (χ2n) is 5.99. The van der Waals surface area contributed by atoms with Gasteiger partial charge in [-0.2, -0.15) is 0 Å². The fraction of sp³-hybridized carbons (Fsp3) is 0.250. The molecule has 0 saturated carbocycles. The van der Waals surface area contributed by atoms with Gasteiger partial charge >= 0.3 is 0 Å². The number of hydrogen-bond acceptors (Lipinski definition) is 2. The van der Waals surface area contributed by atoms with E-state index in [1.807, 2.05) is 30.3 Å². The summed E-state index contributed by atoms with van der Waals surface area (Å²) in [6.07, 6.45) is 4.34. The van der Waals surface area contributed by atoms with E-state index in [2.05, 4.69) is 22.0 Å². The number of nitrogens with zero attached hydrogens (tertiary/aromatic N) is 1. The number of carbonyl (C=O) groups is 1. The zero-order valence-corrected chi connectivity index (χ0v) is 15.9. The molecule has 1 heterocycles. The first-order chi connectivity index (χ1) is 12.1. The van der Waals surface area contributed by atoms with Crippen molar-refractivity contribution in [2.45, 2.75) is 18.9 Å². The molecule has 1 aliphatic rings. The van der Waals surface area contributed by atoms with Crippen LogP contribution in [0, 0.1) is 6.07 Å². The maximum atomic E-state index is 12.4. The number of benzene rings is 2. The summed E-state index contributed by atoms with van der Waals surface area (Å²) in [5, 5.41) is 10.1. The number of amides is 1. The molecule has 1 saturated heterocycles. The Bertz CT molecular complexity index is 798. The highest BCUT2D eigenvalue weighted by atomic mass is 79.9. The van der Waals surface area contributed by atoms with Crippen molar-refractivity contribution in [3.05, 3.63) is 63.6 Å². The monoisotopic (exact) mass is 418 g/mol. The summed E-state index contributed by atoms with van der Waals surface area (Å²) in [4.78, 5) is 14.1. The molecule has 0 atom stereocenters. The van der Waals surface area contributed by atoms with Crippen LogP contribution in [-0.4, -0.2) is 35.1 Å². The first-order valence-corrected chi connectivity index (χ1v) is 9.33. The Morgan fingerprint density at radius 2 is 2.00 bits per heavy atom. The third kappa shape index (κ3) is 4.32. The van der Waals surface area contributed by atoms with E-state index >= 15 is 0 Å². The Morgan fingerprint density at radius 1 is 1.28 bits per heavy atom. The molecular formula is C20H18BrClNO2. The largest absolute Gasteiger partial charge is 0.393 e. The molecule has 2 aromatic carbocycles. The minimum Gasteiger partial charge on any atom is -0.393 e. The molecule has 129 valence electrons. The van der Waals surface area contributed by atoms with Crippen LogP contribution in [0.15, 0.2) is 46.9 Å². The highest BCUT2D eigenvalue weighted by Crippen LogP contribution is 2.36. The highest BCUT2D eigenvalue weighted by molar-refractivity contribution is 9.10. The first-order valence-electron chi connectivity index (χ1n) is 8.16. The van der Waals surface area contributed by atoms with Crippen LogP contribution in [0.5, 0.6) is 0 Å². The predicted octanol–water partition coefficient (Wildman–Crippen LogP) is 4.57. The Balaban J connectivity index is 1.87. The number of aliphatic hydroxyl groups excluding tert-OH is 1. The number of likely N-dealkylation sites (tertiary alicyclic amines) is 1. The minimum absolute atomic E-state index is 0.0473. The van der Waals surface area contributed by atoms with E-state index in [1.165, 1.54) is 0 Å². The normalized spacial score (nSPS) is 15.7. The van der Waals surface area contributed by atoms with Crippen LogP contribution in [0.2, 0.25) is 5.02 Å². The van der Waals surface area contributed by atoms with Crippen molar-refractivity contribution in [2.24, 2.45) is 0 Å². The topological polar surface area (TPSA) is 40.5 Å². The Kier molecular flexibility index (Phi) is 5.94. The number of rotatable bonds is 3. The molecule has 0 spiro atoms. The lowest BCUT2D eigenvalue weighted by Gasteiger charge is -2.28. The molecule has 3 nitrogen and oxygen atoms in total. The van der Waals surface area contributed by atoms with E-state index in [0.29, 0.717) is 31.0 Å². The minimum atomic E-state index is -0.293. The quantitative estimate of drug-likeness (QED) is 0.741. The molecule has 1 aliphatic heterocycles. The number of carbonyl (C=O) groups excluding carboxylic acids is 1. The summed E-state index contributed by atoms with van der Waals surface area (Å²) in [6.45, 7) is 1.18. The molecule has 1 radical (unpaired) electrons. The van der Waals surface area contributed by atoms with Crippen molar-refractivity contribution in [1.29, 1.82) is 0 Å². The van der Waals surface area contributed by atoms with Gasteiger partial charge in [-0.15, -0.1) is 0 Å². The molecule has 0 unspecified atom stereocenters. The molecule has 25 heavy (non-hydrogen) atoms. The van der Waals surface area contributed by atoms with Crippen LogP contribution in [0.4, 0.5) is 0 Å². The Hall–Kier alpha value is -1.62. The summed E-state index contributed by atoms with van der Waals surface area (Å²) in [5.41, 5.74) is 2.66. The summed E-state index contributed by atoms with van der Waals surface area (Å²) in [5.74, 6) is -0.0473. The van der Waals surface area contributed by atoms with Crippen molar-refractivity contribution < 1.29 is 9.90 Å². The highest BCUT2D eigenvalue weighted by Gasteiger charge is 2.19. The summed E-state index contributed by atoms with van der Waals surface area (Å²) >= 11 is 9.94. The molecule has 0 aromatic heterocycles. The van der Waals surface area contributed by atoms with Gasteiger partial charge in [-0.25, -0.2) is 0 Å². The van der Waals surface area contributed by atoms with Crippen molar-refractivity contribution in [3.8, 4) is 11.1 Å². The third-order valence-corrected chi connectivity index (χ3v) is 5.30. The number of halogens is 2. The van der Waals surface area contributed by atoms with Crippen LogP contribution in [0.25, 0.3) is 17.2 Å². The van der Waals surface area contributed by atoms with Gasteiger partial charge in [-0.05, 0) is 36.1 Å². The van der Waals surface area contributed by atoms with Gasteiger partial charge in [0.25, 0.3) is 0 Å². The number of aliphatic hydroxyl groups is 1. The van der Waals surface area contributed by atoms with E-state index in [1.54, 1.807) is 23.1 Å². The van der Waals surface area contributed by atoms with Gasteiger partial charge in [0.15, 0.2) is 0 Å². The van der Waals surface area contributed by atoms with Crippen LogP contribution < -0.4 is 0 Å². The lowest BCUT2D eigenvalue weighted by atomic mass is 9.99. The van der Waals surface area contributed by atoms with E-state index in [9.17, 15) is 9.90 Å². The Morgan fingerprint density at radius 3 is 2.72 bits per heavy atom. The molecule has 1 fully saturated rings. The van der Waals surface area contributed by atoms with Gasteiger partial charge in [0.2, 0.25) is 5.91 Å². The van der Waals surface area contributed by atoms with Gasteiger partial charge in [0.1, 0.15) is 0 Å². The van der Waals surface area contributed by atoms with Crippen molar-refractivity contribution in [1.82, 2.24) is 4.90 Å². The lowest BCUT2D eigenvalue weighted by molar-refractivity contribution is -0.127. The maximum Gasteiger partial charge on any atom is 0.246 e. The standard InChI is InChI=1S/C20H18BrClNO2/c21-17-6-2-1-5-16(17)20-14(4-3-7-18(20)22)8-9-19(25)23-12-10-15(24)11-13-23/h1-6,8-9,15,24H,10-13H2/b9-8+. The van der Waals surface area contributed by atoms with Crippen LogP contribution >= 0.6 is 27.5 Å². The van der Waals surface area contributed by atoms with Gasteiger partial charge < -0.3 is 10.0 Å². The molecule has 1 amide bonds. The predicted molar refractivity (Wildman–Crippen MR) is 104 cm³/mol. The second-order valence-corrected chi connectivity index (χ2v) is 7.22. The summed E-state index contributed by atoms with van der Waals surface area (Å²) in [7, 11) is 0. The fourth-order valence-electron chi connectivity index (χ4n) is 2.92. The van der Waals surface area contributed by atoms with Crippen LogP contribution in [-0.2, 0) is 4.79 Å². The van der Waals surface area contributed by atoms with E-state index in [0.717, 1.165) is 21.2 Å². The molecular weight excluding hydrogens is 402 g/mol. The zero-order valence-electron chi connectivity index (χ0n) is 13.6. The zero-order chi connectivity index (χ0) is 17.8. The van der Waals surface area contributed by atoms with Crippen molar-refractivity contribution >= 4 is 39.5 Å². The molecule has 2 aromatic rings. The van der Waals surface area contributed by atoms with Crippen LogP contribution in [0.1, 0.15) is 18.4 Å². The van der Waals surface area contributed by atoms with Crippen molar-refractivity contribution in [3.63, 3.8) is 0 Å². The van der Waals surface area contributed by atoms with Crippen molar-refractivity contribution in [2.75, 3.05) is 13.1 Å². The molecule has 3 rings (SSSR count). The molecule has 0 bridgehead atoms. The van der Waals surface area contributed by atoms with Gasteiger partial charge in [-0.3, -0.25) is 4.79 Å². The van der Waals surface area contributed by atoms with Gasteiger partial charge in [-0.1, -0.05) is 57.9 Å².